The quantitative estimate of drug-likeness (QED) is 0.389. The molecule has 4 rings (SSSR count). The number of aromatic amines is 1. The van der Waals surface area contributed by atoms with Crippen molar-refractivity contribution in [1.29, 1.82) is 0 Å². The van der Waals surface area contributed by atoms with Crippen LogP contribution in [0.3, 0.4) is 0 Å². The lowest BCUT2D eigenvalue weighted by Crippen LogP contribution is -2.23. The van der Waals surface area contributed by atoms with Crippen molar-refractivity contribution in [3.63, 3.8) is 0 Å². The lowest BCUT2D eigenvalue weighted by molar-refractivity contribution is -0.115. The Morgan fingerprint density at radius 2 is 1.90 bits per heavy atom. The van der Waals surface area contributed by atoms with Gasteiger partial charge in [-0.15, -0.1) is 0 Å². The van der Waals surface area contributed by atoms with E-state index in [4.69, 9.17) is 0 Å². The molecule has 1 atom stereocenters. The highest BCUT2D eigenvalue weighted by atomic mass is 32.2. The Kier molecular flexibility index (Phi) is 5.13. The summed E-state index contributed by atoms with van der Waals surface area (Å²) in [6.07, 6.45) is 1.47. The van der Waals surface area contributed by atoms with E-state index < -0.39 is 5.25 Å². The van der Waals surface area contributed by atoms with Gasteiger partial charge in [0.15, 0.2) is 10.8 Å². The van der Waals surface area contributed by atoms with E-state index >= 15 is 0 Å². The summed E-state index contributed by atoms with van der Waals surface area (Å²) in [4.78, 5) is 32.0. The van der Waals surface area contributed by atoms with Crippen LogP contribution in [0.4, 0.5) is 10.1 Å². The summed E-state index contributed by atoms with van der Waals surface area (Å²) >= 11 is 1.12. The molecule has 0 bridgehead atoms. The number of fused-ring (bicyclic) bond motifs is 1. The molecule has 0 aliphatic heterocycles. The van der Waals surface area contributed by atoms with Crippen molar-refractivity contribution >= 4 is 34.4 Å². The summed E-state index contributed by atoms with van der Waals surface area (Å²) in [5, 5.41) is 7.09. The molecule has 2 heterocycles. The monoisotopic (exact) mass is 409 g/mol. The van der Waals surface area contributed by atoms with E-state index in [9.17, 15) is 14.0 Å². The first kappa shape index (κ1) is 18.9. The van der Waals surface area contributed by atoms with Gasteiger partial charge in [0.25, 0.3) is 5.56 Å². The van der Waals surface area contributed by atoms with Crippen molar-refractivity contribution < 1.29 is 9.18 Å². The second-order valence-electron chi connectivity index (χ2n) is 6.26. The first-order valence-electron chi connectivity index (χ1n) is 8.78. The third kappa shape index (κ3) is 4.04. The molecule has 7 nitrogen and oxygen atoms in total. The molecule has 0 saturated heterocycles. The topological polar surface area (TPSA) is 92.7 Å². The molecule has 146 valence electrons. The van der Waals surface area contributed by atoms with E-state index in [1.807, 2.05) is 30.3 Å². The van der Waals surface area contributed by atoms with Gasteiger partial charge in [-0.3, -0.25) is 9.59 Å². The number of nitrogens with zero attached hydrogens (tertiary/aromatic N) is 3. The van der Waals surface area contributed by atoms with E-state index in [1.165, 1.54) is 30.5 Å². The Morgan fingerprint density at radius 1 is 1.17 bits per heavy atom. The van der Waals surface area contributed by atoms with E-state index in [-0.39, 0.29) is 17.3 Å². The van der Waals surface area contributed by atoms with Crippen molar-refractivity contribution in [2.45, 2.75) is 17.3 Å². The predicted octanol–water partition coefficient (Wildman–Crippen LogP) is 3.37. The number of H-pyrrole nitrogens is 1. The molecule has 0 aliphatic rings. The highest BCUT2D eigenvalue weighted by molar-refractivity contribution is 8.00. The molecule has 1 amide bonds. The summed E-state index contributed by atoms with van der Waals surface area (Å²) in [7, 11) is 0. The highest BCUT2D eigenvalue weighted by Gasteiger charge is 2.18. The SMILES string of the molecule is CC(Sc1nc2c(cnn2-c2ccccc2)c(=O)[nH]1)C(=O)Nc1ccc(F)cc1. The molecule has 9 heteroatoms. The van der Waals surface area contributed by atoms with Crippen LogP contribution >= 0.6 is 11.8 Å². The number of thioether (sulfide) groups is 1. The summed E-state index contributed by atoms with van der Waals surface area (Å²) in [5.74, 6) is -0.670. The maximum Gasteiger partial charge on any atom is 0.262 e. The summed E-state index contributed by atoms with van der Waals surface area (Å²) in [5.41, 5.74) is 1.35. The van der Waals surface area contributed by atoms with Crippen LogP contribution in [0.5, 0.6) is 0 Å². The Labute approximate surface area is 169 Å². The van der Waals surface area contributed by atoms with Crippen molar-refractivity contribution in [3.05, 3.63) is 77.0 Å². The van der Waals surface area contributed by atoms with Crippen LogP contribution in [0, 0.1) is 5.82 Å². The van der Waals surface area contributed by atoms with Crippen LogP contribution < -0.4 is 10.9 Å². The molecule has 0 spiro atoms. The number of anilines is 1. The molecule has 1 unspecified atom stereocenters. The molecule has 2 aromatic carbocycles. The van der Waals surface area contributed by atoms with Crippen LogP contribution in [0.2, 0.25) is 0 Å². The van der Waals surface area contributed by atoms with Gasteiger partial charge in [-0.2, -0.15) is 5.10 Å². The number of nitrogens with one attached hydrogen (secondary N) is 2. The minimum Gasteiger partial charge on any atom is -0.325 e. The minimum atomic E-state index is -0.547. The number of carbonyl (C=O) groups is 1. The first-order valence-corrected chi connectivity index (χ1v) is 9.66. The molecule has 0 radical (unpaired) electrons. The van der Waals surface area contributed by atoms with E-state index in [1.54, 1.807) is 11.6 Å². The number of benzene rings is 2. The number of para-hydroxylation sites is 1. The number of halogens is 1. The number of hydrogen-bond donors (Lipinski definition) is 2. The summed E-state index contributed by atoms with van der Waals surface area (Å²) in [6.45, 7) is 1.70. The fourth-order valence-electron chi connectivity index (χ4n) is 2.71. The lowest BCUT2D eigenvalue weighted by atomic mass is 10.3. The Morgan fingerprint density at radius 3 is 2.62 bits per heavy atom. The van der Waals surface area contributed by atoms with Crippen LogP contribution in [0.25, 0.3) is 16.7 Å². The number of rotatable bonds is 5. The molecule has 0 fully saturated rings. The second kappa shape index (κ2) is 7.88. The highest BCUT2D eigenvalue weighted by Crippen LogP contribution is 2.22. The second-order valence-corrected chi connectivity index (χ2v) is 7.59. The zero-order valence-corrected chi connectivity index (χ0v) is 16.1. The standard InChI is InChI=1S/C20H16FN5O2S/c1-12(18(27)23-14-9-7-13(21)8-10-14)29-20-24-17-16(19(28)25-20)11-22-26(17)15-5-3-2-4-6-15/h2-12H,1H3,(H,23,27)(H,24,25,28). The molecule has 4 aromatic rings. The maximum atomic E-state index is 13.0. The number of aromatic nitrogens is 4. The van der Waals surface area contributed by atoms with Gasteiger partial charge in [0, 0.05) is 5.69 Å². The molecular formula is C20H16FN5O2S. The average Bonchev–Trinajstić information content (AvgIpc) is 3.15. The van der Waals surface area contributed by atoms with Crippen LogP contribution in [0.15, 0.2) is 70.7 Å². The van der Waals surface area contributed by atoms with E-state index in [0.29, 0.717) is 21.9 Å². The van der Waals surface area contributed by atoms with Gasteiger partial charge >= 0.3 is 0 Å². The zero-order chi connectivity index (χ0) is 20.4. The summed E-state index contributed by atoms with van der Waals surface area (Å²) in [6, 6.07) is 14.8. The van der Waals surface area contributed by atoms with Crippen molar-refractivity contribution in [2.24, 2.45) is 0 Å². The molecule has 29 heavy (non-hydrogen) atoms. The zero-order valence-electron chi connectivity index (χ0n) is 15.3. The lowest BCUT2D eigenvalue weighted by Gasteiger charge is -2.11. The van der Waals surface area contributed by atoms with Gasteiger partial charge in [0.1, 0.15) is 11.2 Å². The fraction of sp³-hybridized carbons (Fsp3) is 0.100. The molecule has 0 aliphatic carbocycles. The van der Waals surface area contributed by atoms with Gasteiger partial charge in [0.05, 0.1) is 17.1 Å². The normalized spacial score (nSPS) is 12.1. The number of amides is 1. The van der Waals surface area contributed by atoms with Gasteiger partial charge in [-0.05, 0) is 43.3 Å². The largest absolute Gasteiger partial charge is 0.325 e. The van der Waals surface area contributed by atoms with Crippen molar-refractivity contribution in [3.8, 4) is 5.69 Å². The number of hydrogen-bond acceptors (Lipinski definition) is 5. The van der Waals surface area contributed by atoms with Gasteiger partial charge in [-0.1, -0.05) is 30.0 Å². The van der Waals surface area contributed by atoms with Gasteiger partial charge in [0.2, 0.25) is 5.91 Å². The van der Waals surface area contributed by atoms with E-state index in [0.717, 1.165) is 17.4 Å². The first-order chi connectivity index (χ1) is 14.0. The number of carbonyl (C=O) groups excluding carboxylic acids is 1. The summed E-state index contributed by atoms with van der Waals surface area (Å²) < 4.78 is 14.6. The Hall–Kier alpha value is -3.46. The van der Waals surface area contributed by atoms with Crippen LogP contribution in [0.1, 0.15) is 6.92 Å². The Bertz CT molecular complexity index is 1220. The molecule has 0 saturated carbocycles. The molecule has 2 N–H and O–H groups in total. The van der Waals surface area contributed by atoms with Crippen molar-refractivity contribution in [1.82, 2.24) is 19.7 Å². The predicted molar refractivity (Wildman–Crippen MR) is 110 cm³/mol. The molecular weight excluding hydrogens is 393 g/mol. The Balaban J connectivity index is 1.58. The molecule has 2 aromatic heterocycles. The maximum absolute atomic E-state index is 13.0. The van der Waals surface area contributed by atoms with Crippen molar-refractivity contribution in [2.75, 3.05) is 5.32 Å². The third-order valence-corrected chi connectivity index (χ3v) is 5.17. The van der Waals surface area contributed by atoms with Gasteiger partial charge < -0.3 is 10.3 Å². The van der Waals surface area contributed by atoms with Crippen LogP contribution in [-0.2, 0) is 4.79 Å². The smallest absolute Gasteiger partial charge is 0.262 e. The average molecular weight is 409 g/mol. The van der Waals surface area contributed by atoms with Crippen LogP contribution in [-0.4, -0.2) is 30.9 Å². The van der Waals surface area contributed by atoms with E-state index in [2.05, 4.69) is 20.4 Å². The third-order valence-electron chi connectivity index (χ3n) is 4.19. The fourth-order valence-corrected chi connectivity index (χ4v) is 3.50. The minimum absolute atomic E-state index is 0.291. The van der Waals surface area contributed by atoms with Gasteiger partial charge in [-0.25, -0.2) is 14.1 Å².